The topological polar surface area (TPSA) is 55.4 Å². The lowest BCUT2D eigenvalue weighted by Crippen LogP contribution is -2.43. The molecule has 1 N–H and O–H groups in total. The highest BCUT2D eigenvalue weighted by Gasteiger charge is 2.42. The molecule has 1 saturated heterocycles. The number of fused-ring (bicyclic) bond motifs is 1. The van der Waals surface area contributed by atoms with Crippen LogP contribution >= 0.6 is 0 Å². The molecule has 166 valence electrons. The number of amides is 1. The van der Waals surface area contributed by atoms with Gasteiger partial charge in [0.15, 0.2) is 0 Å². The summed E-state index contributed by atoms with van der Waals surface area (Å²) in [5.41, 5.74) is 5.01. The van der Waals surface area contributed by atoms with Crippen LogP contribution < -0.4 is 10.1 Å². The van der Waals surface area contributed by atoms with Gasteiger partial charge < -0.3 is 10.1 Å². The summed E-state index contributed by atoms with van der Waals surface area (Å²) in [6, 6.07) is 26.0. The summed E-state index contributed by atoms with van der Waals surface area (Å²) in [4.78, 5) is 26.1. The van der Waals surface area contributed by atoms with E-state index in [1.165, 1.54) is 5.56 Å². The predicted octanol–water partition coefficient (Wildman–Crippen LogP) is 5.43. The van der Waals surface area contributed by atoms with Crippen molar-refractivity contribution in [2.45, 2.75) is 38.2 Å². The summed E-state index contributed by atoms with van der Waals surface area (Å²) in [6.07, 6.45) is 2.79. The van der Waals surface area contributed by atoms with E-state index in [4.69, 9.17) is 4.74 Å². The van der Waals surface area contributed by atoms with Gasteiger partial charge in [-0.25, -0.2) is 0 Å². The van der Waals surface area contributed by atoms with Crippen molar-refractivity contribution < 1.29 is 14.3 Å². The first-order valence-electron chi connectivity index (χ1n) is 11.4. The number of hydrogen-bond acceptors (Lipinski definition) is 3. The van der Waals surface area contributed by atoms with Gasteiger partial charge in [0.25, 0.3) is 0 Å². The highest BCUT2D eigenvalue weighted by molar-refractivity contribution is 5.92. The van der Waals surface area contributed by atoms with Crippen LogP contribution in [-0.2, 0) is 16.2 Å². The Hall–Kier alpha value is -3.66. The molecule has 0 saturated carbocycles. The fraction of sp³-hybridized carbons (Fsp3) is 0.241. The molecule has 1 aliphatic heterocycles. The van der Waals surface area contributed by atoms with Crippen LogP contribution in [0.4, 0.5) is 0 Å². The van der Waals surface area contributed by atoms with Gasteiger partial charge in [0, 0.05) is 30.4 Å². The Labute approximate surface area is 194 Å². The minimum absolute atomic E-state index is 0.0204. The first-order chi connectivity index (χ1) is 16.1. The second-order valence-electron chi connectivity index (χ2n) is 8.96. The average molecular weight is 438 g/mol. The van der Waals surface area contributed by atoms with Crippen molar-refractivity contribution in [3.05, 3.63) is 113 Å². The Balaban J connectivity index is 1.45. The van der Waals surface area contributed by atoms with Crippen LogP contribution in [0.3, 0.4) is 0 Å². The van der Waals surface area contributed by atoms with Crippen molar-refractivity contribution in [2.24, 2.45) is 5.92 Å². The molecule has 0 aromatic heterocycles. The van der Waals surface area contributed by atoms with E-state index in [2.05, 4.69) is 35.7 Å². The Morgan fingerprint density at radius 1 is 0.879 bits per heavy atom. The van der Waals surface area contributed by atoms with Gasteiger partial charge in [0.2, 0.25) is 5.91 Å². The zero-order valence-electron chi connectivity index (χ0n) is 18.7. The molecule has 3 aromatic rings. The van der Waals surface area contributed by atoms with Crippen LogP contribution in [0, 0.1) is 12.8 Å². The van der Waals surface area contributed by atoms with E-state index in [9.17, 15) is 9.59 Å². The third kappa shape index (κ3) is 4.47. The van der Waals surface area contributed by atoms with Gasteiger partial charge in [-0.2, -0.15) is 0 Å². The van der Waals surface area contributed by atoms with Crippen molar-refractivity contribution in [3.8, 4) is 5.75 Å². The molecule has 4 nitrogen and oxygen atoms in total. The summed E-state index contributed by atoms with van der Waals surface area (Å²) in [5.74, 6) is 0.231. The molecular weight excluding hydrogens is 410 g/mol. The molecule has 1 fully saturated rings. The Morgan fingerprint density at radius 3 is 2.39 bits per heavy atom. The quantitative estimate of drug-likeness (QED) is 0.579. The smallest absolute Gasteiger partial charge is 0.224 e. The van der Waals surface area contributed by atoms with E-state index in [1.54, 1.807) is 0 Å². The van der Waals surface area contributed by atoms with Gasteiger partial charge in [0.1, 0.15) is 18.1 Å². The number of ketones is 1. The molecule has 0 bridgehead atoms. The summed E-state index contributed by atoms with van der Waals surface area (Å²) in [6.45, 7) is 2.49. The fourth-order valence-corrected chi connectivity index (χ4v) is 4.96. The van der Waals surface area contributed by atoms with Gasteiger partial charge in [0.05, 0.1) is 5.92 Å². The highest BCUT2D eigenvalue weighted by atomic mass is 16.5. The summed E-state index contributed by atoms with van der Waals surface area (Å²) >= 11 is 0. The van der Waals surface area contributed by atoms with E-state index in [-0.39, 0.29) is 35.9 Å². The van der Waals surface area contributed by atoms with Crippen LogP contribution in [0.25, 0.3) is 0 Å². The molecular formula is C29H27NO3. The van der Waals surface area contributed by atoms with Gasteiger partial charge in [-0.15, -0.1) is 0 Å². The Morgan fingerprint density at radius 2 is 1.61 bits per heavy atom. The third-order valence-electron chi connectivity index (χ3n) is 6.64. The SMILES string of the molecule is Cc1ccc([C@@H]2C=C3NC(=O)C[C@H](c4ccccc4OCc4ccccc4)[C@H]3C(=O)C2)cc1. The minimum atomic E-state index is -0.356. The standard InChI is InChI=1S/C29H27NO3/c1-19-11-13-21(14-12-19)22-15-25-29(26(31)16-22)24(17-28(32)30-25)23-9-5-6-10-27(23)33-18-20-7-3-2-4-8-20/h2-15,22,24,29H,16-18H2,1H3,(H,30,32)/t22-,24-,29-/m1/s1. The Kier molecular flexibility index (Phi) is 5.82. The van der Waals surface area contributed by atoms with Crippen molar-refractivity contribution in [3.63, 3.8) is 0 Å². The van der Waals surface area contributed by atoms with E-state index in [1.807, 2.05) is 61.5 Å². The molecule has 5 rings (SSSR count). The molecule has 0 unspecified atom stereocenters. The van der Waals surface area contributed by atoms with Gasteiger partial charge in [-0.3, -0.25) is 9.59 Å². The normalized spacial score (nSPS) is 22.2. The third-order valence-corrected chi connectivity index (χ3v) is 6.64. The van der Waals surface area contributed by atoms with E-state index >= 15 is 0 Å². The zero-order valence-corrected chi connectivity index (χ0v) is 18.7. The summed E-state index contributed by atoms with van der Waals surface area (Å²) in [5, 5.41) is 3.00. The van der Waals surface area contributed by atoms with Crippen LogP contribution in [0.15, 0.2) is 90.6 Å². The van der Waals surface area contributed by atoms with Crippen LogP contribution in [0.5, 0.6) is 5.75 Å². The predicted molar refractivity (Wildman–Crippen MR) is 128 cm³/mol. The summed E-state index contributed by atoms with van der Waals surface area (Å²) < 4.78 is 6.17. The summed E-state index contributed by atoms with van der Waals surface area (Å²) in [7, 11) is 0. The number of piperidine rings is 1. The van der Waals surface area contributed by atoms with E-state index in [0.717, 1.165) is 28.1 Å². The number of Topliss-reactive ketones (excluding diaryl/α,β-unsaturated/α-hetero) is 1. The lowest BCUT2D eigenvalue weighted by Gasteiger charge is -2.37. The number of carbonyl (C=O) groups excluding carboxylic acids is 2. The van der Waals surface area contributed by atoms with E-state index in [0.29, 0.717) is 13.0 Å². The van der Waals surface area contributed by atoms with Crippen molar-refractivity contribution in [2.75, 3.05) is 0 Å². The van der Waals surface area contributed by atoms with Crippen LogP contribution in [0.2, 0.25) is 0 Å². The van der Waals surface area contributed by atoms with Crippen molar-refractivity contribution in [1.29, 1.82) is 0 Å². The zero-order chi connectivity index (χ0) is 22.8. The number of carbonyl (C=O) groups is 2. The Bertz CT molecular complexity index is 1200. The lowest BCUT2D eigenvalue weighted by atomic mass is 9.70. The van der Waals surface area contributed by atoms with E-state index < -0.39 is 0 Å². The molecule has 3 aromatic carbocycles. The number of rotatable bonds is 5. The first kappa shape index (κ1) is 21.2. The van der Waals surface area contributed by atoms with Gasteiger partial charge in [-0.05, 0) is 29.7 Å². The minimum Gasteiger partial charge on any atom is -0.489 e. The molecule has 0 radical (unpaired) electrons. The molecule has 1 heterocycles. The number of para-hydroxylation sites is 1. The fourth-order valence-electron chi connectivity index (χ4n) is 4.96. The number of aryl methyl sites for hydroxylation is 1. The number of hydrogen-bond donors (Lipinski definition) is 1. The average Bonchev–Trinajstić information content (AvgIpc) is 2.83. The van der Waals surface area contributed by atoms with Crippen LogP contribution in [0.1, 0.15) is 46.9 Å². The number of benzene rings is 3. The molecule has 1 aliphatic carbocycles. The maximum absolute atomic E-state index is 13.4. The number of nitrogens with one attached hydrogen (secondary N) is 1. The molecule has 3 atom stereocenters. The maximum Gasteiger partial charge on any atom is 0.224 e. The number of allylic oxidation sites excluding steroid dienone is 2. The van der Waals surface area contributed by atoms with Crippen molar-refractivity contribution in [1.82, 2.24) is 5.32 Å². The van der Waals surface area contributed by atoms with Gasteiger partial charge in [-0.1, -0.05) is 84.4 Å². The monoisotopic (exact) mass is 437 g/mol. The maximum atomic E-state index is 13.4. The highest BCUT2D eigenvalue weighted by Crippen LogP contribution is 2.45. The molecule has 1 amide bonds. The second-order valence-corrected chi connectivity index (χ2v) is 8.96. The lowest BCUT2D eigenvalue weighted by molar-refractivity contribution is -0.127. The molecule has 0 spiro atoms. The largest absolute Gasteiger partial charge is 0.489 e. The van der Waals surface area contributed by atoms with Gasteiger partial charge >= 0.3 is 0 Å². The number of ether oxygens (including phenoxy) is 1. The molecule has 2 aliphatic rings. The second kappa shape index (κ2) is 9.07. The van der Waals surface area contributed by atoms with Crippen LogP contribution in [-0.4, -0.2) is 11.7 Å². The molecule has 4 heteroatoms. The molecule has 33 heavy (non-hydrogen) atoms. The van der Waals surface area contributed by atoms with Crippen molar-refractivity contribution >= 4 is 11.7 Å². The first-order valence-corrected chi connectivity index (χ1v) is 11.4.